The minimum Gasteiger partial charge on any atom is -0.378 e. The van der Waals surface area contributed by atoms with Crippen LogP contribution in [-0.2, 0) is 4.74 Å². The summed E-state index contributed by atoms with van der Waals surface area (Å²) in [4.78, 5) is 0. The van der Waals surface area contributed by atoms with Gasteiger partial charge in [0.2, 0.25) is 0 Å². The highest BCUT2D eigenvalue weighted by Crippen LogP contribution is 2.38. The van der Waals surface area contributed by atoms with E-state index in [1.807, 2.05) is 0 Å². The molecule has 1 heterocycles. The fraction of sp³-hybridized carbons (Fsp3) is 1.00. The molecule has 0 N–H and O–H groups in total. The van der Waals surface area contributed by atoms with Crippen LogP contribution in [0.25, 0.3) is 0 Å². The molecular formula is C13H22F2O. The topological polar surface area (TPSA) is 9.23 Å². The zero-order valence-corrected chi connectivity index (χ0v) is 10.2. The quantitative estimate of drug-likeness (QED) is 0.672. The summed E-state index contributed by atoms with van der Waals surface area (Å²) in [7, 11) is 0. The van der Waals surface area contributed by atoms with Crippen LogP contribution >= 0.6 is 0 Å². The molecule has 1 saturated carbocycles. The Morgan fingerprint density at radius 1 is 0.938 bits per heavy atom. The Morgan fingerprint density at radius 2 is 1.69 bits per heavy atom. The van der Waals surface area contributed by atoms with Gasteiger partial charge in [0.1, 0.15) is 12.3 Å². The van der Waals surface area contributed by atoms with Crippen molar-refractivity contribution < 1.29 is 13.5 Å². The molecule has 0 bridgehead atoms. The van der Waals surface area contributed by atoms with Gasteiger partial charge in [0.15, 0.2) is 0 Å². The average molecular weight is 232 g/mol. The molecule has 1 aliphatic carbocycles. The summed E-state index contributed by atoms with van der Waals surface area (Å²) < 4.78 is 33.2. The zero-order valence-electron chi connectivity index (χ0n) is 10.2. The second kappa shape index (κ2) is 4.99. The summed E-state index contributed by atoms with van der Waals surface area (Å²) >= 11 is 0. The lowest BCUT2D eigenvalue weighted by Gasteiger charge is -2.40. The van der Waals surface area contributed by atoms with Gasteiger partial charge in [0, 0.05) is 12.5 Å². The Hall–Kier alpha value is -0.180. The molecule has 2 fully saturated rings. The molecule has 1 aliphatic heterocycles. The molecule has 94 valence electrons. The molecule has 16 heavy (non-hydrogen) atoms. The fourth-order valence-electron chi connectivity index (χ4n) is 2.96. The molecule has 6 atom stereocenters. The van der Waals surface area contributed by atoms with Gasteiger partial charge in [-0.3, -0.25) is 0 Å². The SMILES string of the molecule is CC1CCC([C@@H]2CCC(C)C(F)C2F)OC1. The van der Waals surface area contributed by atoms with E-state index in [-0.39, 0.29) is 17.9 Å². The van der Waals surface area contributed by atoms with E-state index in [2.05, 4.69) is 6.92 Å². The highest BCUT2D eigenvalue weighted by atomic mass is 19.2. The Kier molecular flexibility index (Phi) is 3.83. The minimum atomic E-state index is -1.32. The van der Waals surface area contributed by atoms with Crippen LogP contribution in [0.15, 0.2) is 0 Å². The monoisotopic (exact) mass is 232 g/mol. The van der Waals surface area contributed by atoms with Crippen LogP contribution < -0.4 is 0 Å². The van der Waals surface area contributed by atoms with Crippen LogP contribution in [-0.4, -0.2) is 25.1 Å². The summed E-state index contributed by atoms with van der Waals surface area (Å²) in [6.07, 6.45) is 0.901. The summed E-state index contributed by atoms with van der Waals surface area (Å²) in [6, 6.07) is 0. The van der Waals surface area contributed by atoms with Crippen LogP contribution in [0.3, 0.4) is 0 Å². The van der Waals surface area contributed by atoms with E-state index in [4.69, 9.17) is 4.74 Å². The van der Waals surface area contributed by atoms with Crippen molar-refractivity contribution in [1.29, 1.82) is 0 Å². The number of rotatable bonds is 1. The molecule has 0 radical (unpaired) electrons. The first-order valence-electron chi connectivity index (χ1n) is 6.49. The number of ether oxygens (including phenoxy) is 1. The van der Waals surface area contributed by atoms with Crippen molar-refractivity contribution in [1.82, 2.24) is 0 Å². The predicted octanol–water partition coefficient (Wildman–Crippen LogP) is 3.52. The maximum absolute atomic E-state index is 13.9. The van der Waals surface area contributed by atoms with Gasteiger partial charge in [0.25, 0.3) is 0 Å². The average Bonchev–Trinajstić information content (AvgIpc) is 2.28. The molecule has 2 aliphatic rings. The fourth-order valence-corrected chi connectivity index (χ4v) is 2.96. The maximum atomic E-state index is 13.9. The Morgan fingerprint density at radius 3 is 2.31 bits per heavy atom. The van der Waals surface area contributed by atoms with E-state index >= 15 is 0 Å². The Balaban J connectivity index is 1.94. The first-order chi connectivity index (χ1) is 7.59. The molecular weight excluding hydrogens is 210 g/mol. The number of alkyl halides is 2. The zero-order chi connectivity index (χ0) is 11.7. The molecule has 0 aromatic heterocycles. The maximum Gasteiger partial charge on any atom is 0.137 e. The van der Waals surface area contributed by atoms with Crippen molar-refractivity contribution in [3.8, 4) is 0 Å². The van der Waals surface area contributed by atoms with Crippen molar-refractivity contribution in [2.24, 2.45) is 17.8 Å². The van der Waals surface area contributed by atoms with E-state index in [1.54, 1.807) is 6.92 Å². The van der Waals surface area contributed by atoms with Gasteiger partial charge in [-0.15, -0.1) is 0 Å². The van der Waals surface area contributed by atoms with Crippen LogP contribution in [0.1, 0.15) is 39.5 Å². The van der Waals surface area contributed by atoms with Gasteiger partial charge in [-0.25, -0.2) is 8.78 Å². The summed E-state index contributed by atoms with van der Waals surface area (Å²) in [5.74, 6) is 0.227. The van der Waals surface area contributed by atoms with Gasteiger partial charge in [-0.2, -0.15) is 0 Å². The van der Waals surface area contributed by atoms with E-state index in [1.165, 1.54) is 0 Å². The van der Waals surface area contributed by atoms with E-state index in [0.29, 0.717) is 12.5 Å². The van der Waals surface area contributed by atoms with Gasteiger partial charge < -0.3 is 4.74 Å². The third-order valence-corrected chi connectivity index (χ3v) is 4.23. The van der Waals surface area contributed by atoms with Crippen molar-refractivity contribution in [2.75, 3.05) is 6.61 Å². The predicted molar refractivity (Wildman–Crippen MR) is 59.8 cm³/mol. The van der Waals surface area contributed by atoms with Gasteiger partial charge in [0.05, 0.1) is 6.10 Å². The highest BCUT2D eigenvalue weighted by Gasteiger charge is 2.42. The smallest absolute Gasteiger partial charge is 0.137 e. The third kappa shape index (κ3) is 2.39. The highest BCUT2D eigenvalue weighted by molar-refractivity contribution is 4.91. The summed E-state index contributed by atoms with van der Waals surface area (Å²) in [6.45, 7) is 4.65. The van der Waals surface area contributed by atoms with Crippen molar-refractivity contribution >= 4 is 0 Å². The largest absolute Gasteiger partial charge is 0.378 e. The molecule has 1 saturated heterocycles. The van der Waals surface area contributed by atoms with Crippen molar-refractivity contribution in [2.45, 2.75) is 58.0 Å². The lowest BCUT2D eigenvalue weighted by molar-refractivity contribution is -0.0938. The van der Waals surface area contributed by atoms with Crippen LogP contribution in [0.2, 0.25) is 0 Å². The molecule has 1 nitrogen and oxygen atoms in total. The second-order valence-electron chi connectivity index (χ2n) is 5.66. The van der Waals surface area contributed by atoms with Gasteiger partial charge in [-0.1, -0.05) is 13.8 Å². The van der Waals surface area contributed by atoms with Crippen molar-refractivity contribution in [3.05, 3.63) is 0 Å². The number of hydrogen-bond acceptors (Lipinski definition) is 1. The molecule has 0 aromatic carbocycles. The molecule has 3 heteroatoms. The lowest BCUT2D eigenvalue weighted by Crippen LogP contribution is -2.44. The van der Waals surface area contributed by atoms with Gasteiger partial charge >= 0.3 is 0 Å². The molecule has 5 unspecified atom stereocenters. The molecule has 0 spiro atoms. The Labute approximate surface area is 96.6 Å². The number of halogens is 2. The van der Waals surface area contributed by atoms with E-state index in [9.17, 15) is 8.78 Å². The molecule has 0 amide bonds. The van der Waals surface area contributed by atoms with Crippen LogP contribution in [0.4, 0.5) is 8.78 Å². The van der Waals surface area contributed by atoms with Gasteiger partial charge in [-0.05, 0) is 37.5 Å². The normalized spacial score (nSPS) is 50.2. The van der Waals surface area contributed by atoms with E-state index in [0.717, 1.165) is 25.7 Å². The summed E-state index contributed by atoms with van der Waals surface area (Å²) in [5, 5.41) is 0. The standard InChI is InChI=1S/C13H22F2O/c1-8-3-6-11(16-7-8)10-5-4-9(2)12(14)13(10)15/h8-13H,3-7H2,1-2H3/t8?,9?,10-,11?,12?,13?/m0/s1. The first kappa shape index (κ1) is 12.3. The third-order valence-electron chi connectivity index (χ3n) is 4.23. The minimum absolute atomic E-state index is 0.0445. The molecule has 2 rings (SSSR count). The lowest BCUT2D eigenvalue weighted by atomic mass is 9.75. The first-order valence-corrected chi connectivity index (χ1v) is 6.49. The van der Waals surface area contributed by atoms with Crippen LogP contribution in [0.5, 0.6) is 0 Å². The number of hydrogen-bond donors (Lipinski definition) is 0. The van der Waals surface area contributed by atoms with E-state index < -0.39 is 12.3 Å². The Bertz CT molecular complexity index is 226. The molecule has 0 aromatic rings. The summed E-state index contributed by atoms with van der Waals surface area (Å²) in [5.41, 5.74) is 0. The second-order valence-corrected chi connectivity index (χ2v) is 5.66. The van der Waals surface area contributed by atoms with Crippen LogP contribution in [0, 0.1) is 17.8 Å². The van der Waals surface area contributed by atoms with Crippen molar-refractivity contribution in [3.63, 3.8) is 0 Å².